The van der Waals surface area contributed by atoms with Gasteiger partial charge in [0.1, 0.15) is 0 Å². The van der Waals surface area contributed by atoms with Crippen molar-refractivity contribution in [3.8, 4) is 0 Å². The quantitative estimate of drug-likeness (QED) is 0.785. The van der Waals surface area contributed by atoms with Gasteiger partial charge >= 0.3 is 0 Å². The van der Waals surface area contributed by atoms with Crippen molar-refractivity contribution in [3.63, 3.8) is 0 Å². The van der Waals surface area contributed by atoms with Crippen LogP contribution < -0.4 is 4.90 Å². The third-order valence-electron chi connectivity index (χ3n) is 6.43. The van der Waals surface area contributed by atoms with E-state index in [1.54, 1.807) is 0 Å². The van der Waals surface area contributed by atoms with Gasteiger partial charge in [0.2, 0.25) is 5.91 Å². The fourth-order valence-corrected chi connectivity index (χ4v) is 4.79. The van der Waals surface area contributed by atoms with E-state index in [2.05, 4.69) is 35.2 Å². The summed E-state index contributed by atoms with van der Waals surface area (Å²) >= 11 is 0. The lowest BCUT2D eigenvalue weighted by atomic mass is 9.89. The van der Waals surface area contributed by atoms with E-state index >= 15 is 0 Å². The molecule has 0 spiro atoms. The minimum Gasteiger partial charge on any atom is -0.292 e. The summed E-state index contributed by atoms with van der Waals surface area (Å²) in [6.45, 7) is 3.68. The Labute approximate surface area is 173 Å². The molecule has 1 saturated heterocycles. The Morgan fingerprint density at radius 1 is 0.966 bits per heavy atom. The number of nitrogens with zero attached hydrogens (tertiary/aromatic N) is 2. The molecule has 2 amide bonds. The number of likely N-dealkylation sites (tertiary alicyclic amines) is 1. The van der Waals surface area contributed by atoms with Crippen molar-refractivity contribution in [3.05, 3.63) is 65.7 Å². The zero-order chi connectivity index (χ0) is 20.2. The average Bonchev–Trinajstić information content (AvgIpc) is 2.91. The summed E-state index contributed by atoms with van der Waals surface area (Å²) < 4.78 is 0. The number of benzene rings is 2. The van der Waals surface area contributed by atoms with Gasteiger partial charge in [-0.15, -0.1) is 0 Å². The van der Waals surface area contributed by atoms with Crippen LogP contribution >= 0.6 is 0 Å². The van der Waals surface area contributed by atoms with Crippen LogP contribution in [0.1, 0.15) is 43.7 Å². The summed E-state index contributed by atoms with van der Waals surface area (Å²) in [6, 6.07) is 18.3. The number of anilines is 1. The second kappa shape index (κ2) is 8.91. The molecule has 4 nitrogen and oxygen atoms in total. The Morgan fingerprint density at radius 3 is 2.38 bits per heavy atom. The van der Waals surface area contributed by atoms with Crippen LogP contribution in [-0.4, -0.2) is 35.8 Å². The Balaban J connectivity index is 1.46. The molecule has 0 bridgehead atoms. The maximum Gasteiger partial charge on any atom is 0.251 e. The molecule has 4 heteroatoms. The molecule has 2 aliphatic heterocycles. The lowest BCUT2D eigenvalue weighted by Crippen LogP contribution is -2.52. The number of hydrogen-bond acceptors (Lipinski definition) is 3. The first-order chi connectivity index (χ1) is 14.2. The van der Waals surface area contributed by atoms with Gasteiger partial charge in [-0.1, -0.05) is 55.5 Å². The van der Waals surface area contributed by atoms with Gasteiger partial charge in [-0.3, -0.25) is 14.5 Å². The van der Waals surface area contributed by atoms with Crippen molar-refractivity contribution in [2.24, 2.45) is 5.92 Å². The van der Waals surface area contributed by atoms with Crippen LogP contribution in [0.25, 0.3) is 0 Å². The molecule has 2 heterocycles. The van der Waals surface area contributed by atoms with E-state index in [0.717, 1.165) is 56.4 Å². The maximum atomic E-state index is 13.4. The number of amides is 2. The first-order valence-electron chi connectivity index (χ1n) is 10.9. The number of piperidine rings is 1. The molecule has 0 saturated carbocycles. The number of para-hydroxylation sites is 1. The molecule has 4 rings (SSSR count). The summed E-state index contributed by atoms with van der Waals surface area (Å²) in [5, 5.41) is 0. The smallest absolute Gasteiger partial charge is 0.251 e. The lowest BCUT2D eigenvalue weighted by Gasteiger charge is -2.37. The van der Waals surface area contributed by atoms with Gasteiger partial charge in [0.05, 0.1) is 11.7 Å². The predicted octanol–water partition coefficient (Wildman–Crippen LogP) is 4.23. The van der Waals surface area contributed by atoms with Crippen LogP contribution in [0, 0.1) is 5.92 Å². The van der Waals surface area contributed by atoms with Crippen molar-refractivity contribution in [2.45, 2.75) is 51.5 Å². The number of rotatable bonds is 4. The molecule has 0 N–H and O–H groups in total. The van der Waals surface area contributed by atoms with Crippen LogP contribution in [0.5, 0.6) is 0 Å². The molecular formula is C25H30N2O2. The van der Waals surface area contributed by atoms with E-state index in [1.807, 2.05) is 31.2 Å². The zero-order valence-electron chi connectivity index (χ0n) is 17.2. The van der Waals surface area contributed by atoms with Gasteiger partial charge < -0.3 is 0 Å². The highest BCUT2D eigenvalue weighted by atomic mass is 16.2. The highest BCUT2D eigenvalue weighted by Gasteiger charge is 2.37. The van der Waals surface area contributed by atoms with Gasteiger partial charge in [-0.05, 0) is 68.3 Å². The van der Waals surface area contributed by atoms with Crippen LogP contribution in [0.4, 0.5) is 5.69 Å². The summed E-state index contributed by atoms with van der Waals surface area (Å²) in [5.41, 5.74) is 3.28. The fraction of sp³-hybridized carbons (Fsp3) is 0.440. The topological polar surface area (TPSA) is 40.6 Å². The van der Waals surface area contributed by atoms with E-state index in [-0.39, 0.29) is 17.9 Å². The summed E-state index contributed by atoms with van der Waals surface area (Å²) in [5.74, 6) is 0.525. The predicted molar refractivity (Wildman–Crippen MR) is 116 cm³/mol. The molecule has 29 heavy (non-hydrogen) atoms. The van der Waals surface area contributed by atoms with E-state index < -0.39 is 0 Å². The minimum atomic E-state index is -0.199. The van der Waals surface area contributed by atoms with E-state index in [0.29, 0.717) is 12.3 Å². The highest BCUT2D eigenvalue weighted by Crippen LogP contribution is 2.31. The van der Waals surface area contributed by atoms with Gasteiger partial charge in [0.25, 0.3) is 5.91 Å². The molecule has 1 unspecified atom stereocenters. The lowest BCUT2D eigenvalue weighted by molar-refractivity contribution is -0.130. The zero-order valence-corrected chi connectivity index (χ0v) is 17.2. The second-order valence-electron chi connectivity index (χ2n) is 8.27. The summed E-state index contributed by atoms with van der Waals surface area (Å²) in [4.78, 5) is 29.9. The van der Waals surface area contributed by atoms with Crippen LogP contribution in [0.3, 0.4) is 0 Å². The third kappa shape index (κ3) is 4.27. The molecule has 0 aliphatic carbocycles. The van der Waals surface area contributed by atoms with Crippen molar-refractivity contribution in [1.82, 2.24) is 4.90 Å². The largest absolute Gasteiger partial charge is 0.292 e. The van der Waals surface area contributed by atoms with Crippen LogP contribution in [0.2, 0.25) is 0 Å². The van der Waals surface area contributed by atoms with E-state index in [4.69, 9.17) is 0 Å². The van der Waals surface area contributed by atoms with Gasteiger partial charge in [-0.2, -0.15) is 0 Å². The van der Waals surface area contributed by atoms with Gasteiger partial charge in [0, 0.05) is 6.42 Å². The highest BCUT2D eigenvalue weighted by molar-refractivity contribution is 6.17. The minimum absolute atomic E-state index is 0.0386. The third-order valence-corrected chi connectivity index (χ3v) is 6.43. The number of carbonyl (C=O) groups excluding carboxylic acids is 2. The van der Waals surface area contributed by atoms with Crippen LogP contribution in [0.15, 0.2) is 54.6 Å². The van der Waals surface area contributed by atoms with E-state index in [1.165, 1.54) is 10.5 Å². The fourth-order valence-electron chi connectivity index (χ4n) is 4.79. The number of fused-ring (bicyclic) bond motifs is 1. The van der Waals surface area contributed by atoms with Crippen molar-refractivity contribution in [2.75, 3.05) is 18.0 Å². The molecule has 1 fully saturated rings. The van der Waals surface area contributed by atoms with Crippen molar-refractivity contribution in [1.29, 1.82) is 0 Å². The summed E-state index contributed by atoms with van der Waals surface area (Å²) in [7, 11) is 0. The van der Waals surface area contributed by atoms with Gasteiger partial charge in [0.15, 0.2) is 0 Å². The normalized spacial score (nSPS) is 20.9. The molecule has 0 aromatic heterocycles. The van der Waals surface area contributed by atoms with Gasteiger partial charge in [-0.25, -0.2) is 4.90 Å². The number of imide groups is 1. The molecule has 2 aliphatic rings. The van der Waals surface area contributed by atoms with E-state index in [9.17, 15) is 9.59 Å². The molecule has 0 radical (unpaired) electrons. The molecule has 152 valence electrons. The number of hydrogen-bond donors (Lipinski definition) is 0. The SMILES string of the molecule is CCC(=O)N1C(=O)C(N2CCC(Cc3ccccc3)CC2)CCc2ccccc21. The van der Waals surface area contributed by atoms with Crippen LogP contribution in [-0.2, 0) is 22.4 Å². The molecule has 1 atom stereocenters. The Morgan fingerprint density at radius 2 is 1.66 bits per heavy atom. The Bertz CT molecular complexity index is 856. The Kier molecular flexibility index (Phi) is 6.10. The number of aryl methyl sites for hydroxylation is 1. The Hall–Kier alpha value is -2.46. The van der Waals surface area contributed by atoms with Crippen molar-refractivity contribution >= 4 is 17.5 Å². The standard InChI is InChI=1S/C25H30N2O2/c1-2-24(28)27-22-11-7-6-10-21(22)12-13-23(25(27)29)26-16-14-20(15-17-26)18-19-8-4-3-5-9-19/h3-11,20,23H,2,12-18H2,1H3. The van der Waals surface area contributed by atoms with Crippen molar-refractivity contribution < 1.29 is 9.59 Å². The molecular weight excluding hydrogens is 360 g/mol. The molecule has 2 aromatic carbocycles. The number of carbonyl (C=O) groups is 2. The maximum absolute atomic E-state index is 13.4. The first-order valence-corrected chi connectivity index (χ1v) is 10.9. The monoisotopic (exact) mass is 390 g/mol. The first kappa shape index (κ1) is 19.8. The molecule has 2 aromatic rings. The summed E-state index contributed by atoms with van der Waals surface area (Å²) in [6.07, 6.45) is 5.28. The average molecular weight is 391 g/mol. The second-order valence-corrected chi connectivity index (χ2v) is 8.27.